The van der Waals surface area contributed by atoms with Gasteiger partial charge in [0.15, 0.2) is 0 Å². The molecule has 5 nitrogen and oxygen atoms in total. The Balaban J connectivity index is 1.71. The van der Waals surface area contributed by atoms with Gasteiger partial charge in [0.05, 0.1) is 5.69 Å². The molecule has 1 amide bonds. The lowest BCUT2D eigenvalue weighted by molar-refractivity contribution is 0.0706. The van der Waals surface area contributed by atoms with E-state index in [4.69, 9.17) is 9.94 Å². The lowest BCUT2D eigenvalue weighted by Crippen LogP contribution is -2.18. The normalized spacial score (nSPS) is 10.2. The van der Waals surface area contributed by atoms with Crippen molar-refractivity contribution in [1.29, 1.82) is 0 Å². The van der Waals surface area contributed by atoms with Crippen molar-refractivity contribution in [3.8, 4) is 17.0 Å². The van der Waals surface area contributed by atoms with E-state index in [9.17, 15) is 4.79 Å². The number of pyridine rings is 1. The number of hydrogen-bond acceptors (Lipinski definition) is 4. The Morgan fingerprint density at radius 2 is 1.79 bits per heavy atom. The Labute approximate surface area is 139 Å². The first kappa shape index (κ1) is 15.7. The van der Waals surface area contributed by atoms with Gasteiger partial charge in [-0.25, -0.2) is 5.48 Å². The molecular weight excluding hydrogens is 304 g/mol. The van der Waals surface area contributed by atoms with E-state index in [0.29, 0.717) is 17.9 Å². The fourth-order valence-electron chi connectivity index (χ4n) is 2.26. The van der Waals surface area contributed by atoms with Crippen LogP contribution in [-0.4, -0.2) is 16.1 Å². The van der Waals surface area contributed by atoms with E-state index in [1.807, 2.05) is 54.6 Å². The molecule has 0 bridgehead atoms. The molecule has 24 heavy (non-hydrogen) atoms. The number of carbonyl (C=O) groups is 1. The van der Waals surface area contributed by atoms with Crippen molar-refractivity contribution in [2.75, 3.05) is 0 Å². The van der Waals surface area contributed by atoms with Crippen molar-refractivity contribution in [1.82, 2.24) is 10.5 Å². The molecule has 3 aromatic rings. The number of rotatable bonds is 5. The Bertz CT molecular complexity index is 818. The number of carbonyl (C=O) groups excluding carboxylic acids is 1. The molecule has 0 aliphatic heterocycles. The molecule has 0 fully saturated rings. The van der Waals surface area contributed by atoms with Gasteiger partial charge in [-0.1, -0.05) is 30.3 Å². The van der Waals surface area contributed by atoms with Gasteiger partial charge in [0.25, 0.3) is 5.91 Å². The second kappa shape index (κ2) is 7.39. The van der Waals surface area contributed by atoms with E-state index in [1.165, 1.54) is 12.3 Å². The maximum absolute atomic E-state index is 11.5. The molecule has 0 saturated heterocycles. The third-order valence-electron chi connectivity index (χ3n) is 3.52. The predicted octanol–water partition coefficient (Wildman–Crippen LogP) is 3.45. The van der Waals surface area contributed by atoms with Gasteiger partial charge in [-0.3, -0.25) is 15.0 Å². The number of hydrogen-bond donors (Lipinski definition) is 2. The summed E-state index contributed by atoms with van der Waals surface area (Å²) in [6, 6.07) is 20.6. The number of nitrogens with zero attached hydrogens (tertiary/aromatic N) is 1. The van der Waals surface area contributed by atoms with Crippen LogP contribution in [0.25, 0.3) is 11.3 Å². The van der Waals surface area contributed by atoms with E-state index in [0.717, 1.165) is 16.9 Å². The molecule has 120 valence electrons. The van der Waals surface area contributed by atoms with Crippen molar-refractivity contribution in [2.24, 2.45) is 0 Å². The summed E-state index contributed by atoms with van der Waals surface area (Å²) >= 11 is 0. The third kappa shape index (κ3) is 3.77. The van der Waals surface area contributed by atoms with Crippen LogP contribution >= 0.6 is 0 Å². The van der Waals surface area contributed by atoms with E-state index in [1.54, 1.807) is 11.5 Å². The fourth-order valence-corrected chi connectivity index (χ4v) is 2.26. The highest BCUT2D eigenvalue weighted by Crippen LogP contribution is 2.22. The molecule has 3 rings (SSSR count). The minimum Gasteiger partial charge on any atom is -0.489 e. The molecule has 0 unspecified atom stereocenters. The lowest BCUT2D eigenvalue weighted by Gasteiger charge is -2.08. The van der Waals surface area contributed by atoms with Crippen molar-refractivity contribution in [3.05, 3.63) is 84.1 Å². The standard InChI is InChI=1S/C19H16N2O3/c22-19(21-23)16-10-11-20-18(12-16)15-6-8-17(9-7-15)24-13-14-4-2-1-3-5-14/h1-12,23H,13H2,(H,21,22). The lowest BCUT2D eigenvalue weighted by atomic mass is 10.1. The molecule has 1 aromatic heterocycles. The van der Waals surface area contributed by atoms with Gasteiger partial charge in [-0.15, -0.1) is 0 Å². The number of amides is 1. The molecule has 0 radical (unpaired) electrons. The minimum atomic E-state index is -0.568. The predicted molar refractivity (Wildman–Crippen MR) is 89.7 cm³/mol. The van der Waals surface area contributed by atoms with Crippen molar-refractivity contribution in [2.45, 2.75) is 6.61 Å². The number of nitrogens with one attached hydrogen (secondary N) is 1. The monoisotopic (exact) mass is 320 g/mol. The number of ether oxygens (including phenoxy) is 1. The summed E-state index contributed by atoms with van der Waals surface area (Å²) in [5.74, 6) is 0.188. The van der Waals surface area contributed by atoms with Crippen molar-refractivity contribution >= 4 is 5.91 Å². The summed E-state index contributed by atoms with van der Waals surface area (Å²) in [7, 11) is 0. The Morgan fingerprint density at radius 3 is 2.50 bits per heavy atom. The van der Waals surface area contributed by atoms with Gasteiger partial charge in [-0.05, 0) is 42.0 Å². The first-order valence-corrected chi connectivity index (χ1v) is 7.44. The highest BCUT2D eigenvalue weighted by Gasteiger charge is 2.07. The van der Waals surface area contributed by atoms with Gasteiger partial charge < -0.3 is 4.74 Å². The minimum absolute atomic E-state index is 0.340. The zero-order valence-electron chi connectivity index (χ0n) is 12.8. The number of aromatic nitrogens is 1. The molecule has 1 heterocycles. The molecule has 0 aliphatic rings. The molecule has 2 aromatic carbocycles. The van der Waals surface area contributed by atoms with Gasteiger partial charge >= 0.3 is 0 Å². The molecule has 0 aliphatic carbocycles. The number of benzene rings is 2. The molecule has 2 N–H and O–H groups in total. The summed E-state index contributed by atoms with van der Waals surface area (Å²) in [6.07, 6.45) is 1.53. The van der Waals surface area contributed by atoms with Crippen LogP contribution in [0.4, 0.5) is 0 Å². The summed E-state index contributed by atoms with van der Waals surface area (Å²) in [5, 5.41) is 8.70. The molecule has 0 saturated carbocycles. The highest BCUT2D eigenvalue weighted by atomic mass is 16.5. The second-order valence-corrected chi connectivity index (χ2v) is 5.17. The van der Waals surface area contributed by atoms with Crippen LogP contribution in [0.1, 0.15) is 15.9 Å². The van der Waals surface area contributed by atoms with E-state index >= 15 is 0 Å². The van der Waals surface area contributed by atoms with Crippen molar-refractivity contribution in [3.63, 3.8) is 0 Å². The maximum Gasteiger partial charge on any atom is 0.274 e. The molecule has 0 spiro atoms. The van der Waals surface area contributed by atoms with Gasteiger partial charge in [0, 0.05) is 17.3 Å². The fraction of sp³-hybridized carbons (Fsp3) is 0.0526. The molecular formula is C19H16N2O3. The van der Waals surface area contributed by atoms with Crippen LogP contribution in [0.2, 0.25) is 0 Å². The second-order valence-electron chi connectivity index (χ2n) is 5.17. The highest BCUT2D eigenvalue weighted by molar-refractivity contribution is 5.94. The van der Waals surface area contributed by atoms with Gasteiger partial charge in [-0.2, -0.15) is 0 Å². The topological polar surface area (TPSA) is 71.5 Å². The van der Waals surface area contributed by atoms with Gasteiger partial charge in [0.2, 0.25) is 0 Å². The Morgan fingerprint density at radius 1 is 1.04 bits per heavy atom. The van der Waals surface area contributed by atoms with Crippen LogP contribution < -0.4 is 10.2 Å². The van der Waals surface area contributed by atoms with Crippen LogP contribution in [-0.2, 0) is 6.61 Å². The summed E-state index contributed by atoms with van der Waals surface area (Å²) in [4.78, 5) is 15.7. The van der Waals surface area contributed by atoms with E-state index in [-0.39, 0.29) is 0 Å². The van der Waals surface area contributed by atoms with Gasteiger partial charge in [0.1, 0.15) is 12.4 Å². The smallest absolute Gasteiger partial charge is 0.274 e. The van der Waals surface area contributed by atoms with Crippen LogP contribution in [0.15, 0.2) is 72.9 Å². The third-order valence-corrected chi connectivity index (χ3v) is 3.52. The zero-order chi connectivity index (χ0) is 16.8. The summed E-state index contributed by atoms with van der Waals surface area (Å²) < 4.78 is 5.74. The average Bonchev–Trinajstić information content (AvgIpc) is 2.67. The Kier molecular flexibility index (Phi) is 4.84. The SMILES string of the molecule is O=C(NO)c1ccnc(-c2ccc(OCc3ccccc3)cc2)c1. The number of hydroxylamine groups is 1. The largest absolute Gasteiger partial charge is 0.489 e. The van der Waals surface area contributed by atoms with Crippen LogP contribution in [0, 0.1) is 0 Å². The van der Waals surface area contributed by atoms with Crippen LogP contribution in [0.3, 0.4) is 0 Å². The first-order valence-electron chi connectivity index (χ1n) is 7.44. The average molecular weight is 320 g/mol. The van der Waals surface area contributed by atoms with E-state index < -0.39 is 5.91 Å². The Hall–Kier alpha value is -3.18. The molecule has 0 atom stereocenters. The molecule has 5 heteroatoms. The maximum atomic E-state index is 11.5. The summed E-state index contributed by atoms with van der Waals surface area (Å²) in [6.45, 7) is 0.505. The zero-order valence-corrected chi connectivity index (χ0v) is 12.8. The van der Waals surface area contributed by atoms with Crippen molar-refractivity contribution < 1.29 is 14.7 Å². The van der Waals surface area contributed by atoms with E-state index in [2.05, 4.69) is 4.98 Å². The quantitative estimate of drug-likeness (QED) is 0.558. The first-order chi connectivity index (χ1) is 11.8. The van der Waals surface area contributed by atoms with Crippen LogP contribution in [0.5, 0.6) is 5.75 Å². The summed E-state index contributed by atoms with van der Waals surface area (Å²) in [5.41, 5.74) is 4.56.